The minimum absolute atomic E-state index is 0. The van der Waals surface area contributed by atoms with Gasteiger partial charge in [-0.25, -0.2) is 0 Å². The summed E-state index contributed by atoms with van der Waals surface area (Å²) < 4.78 is 5.30. The minimum Gasteiger partial charge on any atom is -0.496 e. The zero-order valence-corrected chi connectivity index (χ0v) is 13.9. The molecule has 2 aliphatic heterocycles. The number of carbonyl (C=O) groups excluding carboxylic acids is 1. The van der Waals surface area contributed by atoms with Gasteiger partial charge in [-0.3, -0.25) is 4.79 Å². The summed E-state index contributed by atoms with van der Waals surface area (Å²) in [6.07, 6.45) is 4.81. The quantitative estimate of drug-likeness (QED) is 0.929. The molecule has 1 amide bonds. The Labute approximate surface area is 138 Å². The van der Waals surface area contributed by atoms with Crippen LogP contribution in [0.1, 0.15) is 36.0 Å². The van der Waals surface area contributed by atoms with Gasteiger partial charge in [-0.05, 0) is 50.3 Å². The molecule has 0 spiro atoms. The van der Waals surface area contributed by atoms with E-state index in [2.05, 4.69) is 5.32 Å². The van der Waals surface area contributed by atoms with E-state index in [0.29, 0.717) is 17.4 Å². The van der Waals surface area contributed by atoms with Crippen molar-refractivity contribution in [3.63, 3.8) is 0 Å². The third kappa shape index (κ3) is 3.55. The number of benzene rings is 1. The Morgan fingerprint density at radius 3 is 2.59 bits per heavy atom. The van der Waals surface area contributed by atoms with Crippen LogP contribution < -0.4 is 10.1 Å². The second kappa shape index (κ2) is 7.84. The van der Waals surface area contributed by atoms with Gasteiger partial charge in [0.1, 0.15) is 5.75 Å². The molecule has 1 N–H and O–H groups in total. The Hall–Kier alpha value is -1.26. The fourth-order valence-corrected chi connectivity index (χ4v) is 3.61. The molecule has 3 rings (SSSR count). The number of carbonyl (C=O) groups is 1. The first-order valence-electron chi connectivity index (χ1n) is 7.95. The Morgan fingerprint density at radius 1 is 1.23 bits per heavy atom. The van der Waals surface area contributed by atoms with Crippen LogP contribution >= 0.6 is 12.4 Å². The summed E-state index contributed by atoms with van der Waals surface area (Å²) in [7, 11) is 1.62. The number of piperidine rings is 1. The van der Waals surface area contributed by atoms with Crippen molar-refractivity contribution in [1.82, 2.24) is 10.2 Å². The maximum Gasteiger partial charge on any atom is 0.257 e. The zero-order chi connectivity index (χ0) is 14.7. The second-order valence-corrected chi connectivity index (χ2v) is 6.03. The number of hydrogen-bond acceptors (Lipinski definition) is 3. The van der Waals surface area contributed by atoms with Gasteiger partial charge in [-0.1, -0.05) is 12.1 Å². The lowest BCUT2D eigenvalue weighted by molar-refractivity contribution is 0.0671. The normalized spacial score (nSPS) is 22.2. The predicted octanol–water partition coefficient (Wildman–Crippen LogP) is 2.72. The number of methoxy groups -OCH3 is 1. The highest BCUT2D eigenvalue weighted by atomic mass is 35.5. The van der Waals surface area contributed by atoms with Gasteiger partial charge < -0.3 is 15.0 Å². The number of ether oxygens (including phenoxy) is 1. The highest BCUT2D eigenvalue weighted by molar-refractivity contribution is 5.97. The fraction of sp³-hybridized carbons (Fsp3) is 0.588. The Morgan fingerprint density at radius 2 is 1.95 bits per heavy atom. The first kappa shape index (κ1) is 17.1. The highest BCUT2D eigenvalue weighted by Crippen LogP contribution is 2.27. The van der Waals surface area contributed by atoms with Crippen LogP contribution in [0.4, 0.5) is 0 Å². The summed E-state index contributed by atoms with van der Waals surface area (Å²) in [4.78, 5) is 14.6. The van der Waals surface area contributed by atoms with E-state index in [4.69, 9.17) is 4.74 Å². The van der Waals surface area contributed by atoms with Crippen molar-refractivity contribution < 1.29 is 9.53 Å². The zero-order valence-electron chi connectivity index (χ0n) is 13.1. The molecular formula is C17H25ClN2O2. The molecule has 2 heterocycles. The summed E-state index contributed by atoms with van der Waals surface area (Å²) in [5.74, 6) is 1.50. The monoisotopic (exact) mass is 324 g/mol. The van der Waals surface area contributed by atoms with Crippen molar-refractivity contribution in [1.29, 1.82) is 0 Å². The van der Waals surface area contributed by atoms with E-state index in [1.807, 2.05) is 29.2 Å². The molecule has 5 heteroatoms. The van der Waals surface area contributed by atoms with Crippen LogP contribution in [0.2, 0.25) is 0 Å². The van der Waals surface area contributed by atoms with Gasteiger partial charge in [0.05, 0.1) is 12.7 Å². The maximum absolute atomic E-state index is 12.6. The van der Waals surface area contributed by atoms with E-state index < -0.39 is 0 Å². The van der Waals surface area contributed by atoms with E-state index in [-0.39, 0.29) is 18.3 Å². The summed E-state index contributed by atoms with van der Waals surface area (Å²) in [5.41, 5.74) is 0.678. The molecule has 1 aromatic rings. The van der Waals surface area contributed by atoms with E-state index >= 15 is 0 Å². The lowest BCUT2D eigenvalue weighted by atomic mass is 9.88. The molecule has 2 fully saturated rings. The topological polar surface area (TPSA) is 41.6 Å². The summed E-state index contributed by atoms with van der Waals surface area (Å²) >= 11 is 0. The smallest absolute Gasteiger partial charge is 0.257 e. The first-order chi connectivity index (χ1) is 10.3. The van der Waals surface area contributed by atoms with Gasteiger partial charge in [0.2, 0.25) is 0 Å². The molecule has 0 aromatic heterocycles. The first-order valence-corrected chi connectivity index (χ1v) is 7.95. The number of rotatable bonds is 3. The average Bonchev–Trinajstić information content (AvgIpc) is 3.09. The third-order valence-electron chi connectivity index (χ3n) is 4.83. The Kier molecular flexibility index (Phi) is 6.09. The summed E-state index contributed by atoms with van der Waals surface area (Å²) in [6.45, 7) is 2.88. The van der Waals surface area contributed by atoms with Crippen molar-refractivity contribution in [3.05, 3.63) is 29.8 Å². The number of hydrogen-bond donors (Lipinski definition) is 1. The van der Waals surface area contributed by atoms with E-state index in [1.54, 1.807) is 7.11 Å². The van der Waals surface area contributed by atoms with Crippen LogP contribution in [0.25, 0.3) is 0 Å². The van der Waals surface area contributed by atoms with Crippen molar-refractivity contribution in [2.75, 3.05) is 26.7 Å². The molecule has 4 nitrogen and oxygen atoms in total. The number of para-hydroxylation sites is 1. The fourth-order valence-electron chi connectivity index (χ4n) is 3.61. The molecule has 1 unspecified atom stereocenters. The SMILES string of the molecule is COc1ccccc1C(=O)N1CCC(C2CCCN2)CC1.Cl. The van der Waals surface area contributed by atoms with Gasteiger partial charge in [-0.15, -0.1) is 12.4 Å². The van der Waals surface area contributed by atoms with Crippen LogP contribution in [0.5, 0.6) is 5.75 Å². The standard InChI is InChI=1S/C17H24N2O2.ClH/c1-21-16-7-3-2-5-14(16)17(20)19-11-8-13(9-12-19)15-6-4-10-18-15;/h2-3,5,7,13,15,18H,4,6,8-12H2,1H3;1H. The predicted molar refractivity (Wildman–Crippen MR) is 89.9 cm³/mol. The number of amides is 1. The van der Waals surface area contributed by atoms with Gasteiger partial charge in [-0.2, -0.15) is 0 Å². The summed E-state index contributed by atoms with van der Waals surface area (Å²) in [6, 6.07) is 8.17. The van der Waals surface area contributed by atoms with Crippen LogP contribution in [0.3, 0.4) is 0 Å². The maximum atomic E-state index is 12.6. The van der Waals surface area contributed by atoms with Gasteiger partial charge in [0.25, 0.3) is 5.91 Å². The molecule has 0 aliphatic carbocycles. The van der Waals surface area contributed by atoms with Crippen molar-refractivity contribution >= 4 is 18.3 Å². The summed E-state index contributed by atoms with van der Waals surface area (Å²) in [5, 5.41) is 3.60. The van der Waals surface area contributed by atoms with E-state index in [1.165, 1.54) is 12.8 Å². The largest absolute Gasteiger partial charge is 0.496 e. The molecule has 0 saturated carbocycles. The number of halogens is 1. The molecule has 0 radical (unpaired) electrons. The lowest BCUT2D eigenvalue weighted by Crippen LogP contribution is -2.43. The van der Waals surface area contributed by atoms with Gasteiger partial charge >= 0.3 is 0 Å². The van der Waals surface area contributed by atoms with E-state index in [9.17, 15) is 4.79 Å². The Bertz CT molecular complexity index is 495. The van der Waals surface area contributed by atoms with Crippen molar-refractivity contribution in [2.45, 2.75) is 31.7 Å². The molecule has 2 aliphatic rings. The molecular weight excluding hydrogens is 300 g/mol. The van der Waals surface area contributed by atoms with Crippen molar-refractivity contribution in [2.24, 2.45) is 5.92 Å². The molecule has 0 bridgehead atoms. The second-order valence-electron chi connectivity index (χ2n) is 6.03. The van der Waals surface area contributed by atoms with Gasteiger partial charge in [0, 0.05) is 19.1 Å². The van der Waals surface area contributed by atoms with E-state index in [0.717, 1.165) is 38.4 Å². The van der Waals surface area contributed by atoms with Crippen molar-refractivity contribution in [3.8, 4) is 5.75 Å². The molecule has 1 atom stereocenters. The van der Waals surface area contributed by atoms with Gasteiger partial charge in [0.15, 0.2) is 0 Å². The number of nitrogens with one attached hydrogen (secondary N) is 1. The minimum atomic E-state index is 0. The third-order valence-corrected chi connectivity index (χ3v) is 4.83. The molecule has 122 valence electrons. The molecule has 22 heavy (non-hydrogen) atoms. The number of likely N-dealkylation sites (tertiary alicyclic amines) is 1. The lowest BCUT2D eigenvalue weighted by Gasteiger charge is -2.35. The number of nitrogens with zero attached hydrogens (tertiary/aromatic N) is 1. The highest BCUT2D eigenvalue weighted by Gasteiger charge is 2.30. The molecule has 2 saturated heterocycles. The Balaban J connectivity index is 0.00000176. The van der Waals surface area contributed by atoms with Crippen LogP contribution in [-0.2, 0) is 0 Å². The average molecular weight is 325 g/mol. The van der Waals surface area contributed by atoms with Crippen LogP contribution in [0, 0.1) is 5.92 Å². The van der Waals surface area contributed by atoms with Crippen LogP contribution in [0.15, 0.2) is 24.3 Å². The molecule has 1 aromatic carbocycles. The van der Waals surface area contributed by atoms with Crippen LogP contribution in [-0.4, -0.2) is 43.6 Å².